The minimum absolute atomic E-state index is 0.0778. The fourth-order valence-electron chi connectivity index (χ4n) is 4.80. The van der Waals surface area contributed by atoms with Crippen LogP contribution in [0.1, 0.15) is 31.7 Å². The van der Waals surface area contributed by atoms with Crippen molar-refractivity contribution in [1.82, 2.24) is 0 Å². The number of amides is 1. The maximum Gasteiger partial charge on any atom is 0.315 e. The van der Waals surface area contributed by atoms with E-state index in [-0.39, 0.29) is 29.7 Å². The zero-order valence-electron chi connectivity index (χ0n) is 13.0. The molecule has 2 fully saturated rings. The summed E-state index contributed by atoms with van der Waals surface area (Å²) < 4.78 is 19.0. The van der Waals surface area contributed by atoms with Crippen molar-refractivity contribution in [1.29, 1.82) is 0 Å². The van der Waals surface area contributed by atoms with E-state index in [1.165, 1.54) is 12.1 Å². The van der Waals surface area contributed by atoms with Crippen LogP contribution in [0.4, 0.5) is 10.1 Å². The smallest absolute Gasteiger partial charge is 0.315 e. The van der Waals surface area contributed by atoms with Crippen LogP contribution in [0.2, 0.25) is 0 Å². The standard InChI is InChI=1S/C17H19FN2O3/c1-2-23-15(21)11-9-17(20-7-3-4-14(11)20)12-8-10(18)5-6-13(12)19-16(17)22/h5-6,8,11,14H,2-4,7,9H2,1H3,(H,19,22)/p+1/t11-,14-,17-/m0/s1. The molecule has 1 spiro atoms. The first-order valence-electron chi connectivity index (χ1n) is 8.22. The molecule has 2 saturated heterocycles. The van der Waals surface area contributed by atoms with Crippen LogP contribution in [0.5, 0.6) is 0 Å². The molecule has 1 unspecified atom stereocenters. The number of hydrogen-bond acceptors (Lipinski definition) is 3. The highest BCUT2D eigenvalue weighted by Crippen LogP contribution is 2.44. The van der Waals surface area contributed by atoms with Gasteiger partial charge in [0.15, 0.2) is 0 Å². The second kappa shape index (κ2) is 5.03. The van der Waals surface area contributed by atoms with Gasteiger partial charge in [0.05, 0.1) is 18.8 Å². The van der Waals surface area contributed by atoms with E-state index in [1.54, 1.807) is 13.0 Å². The van der Waals surface area contributed by atoms with Gasteiger partial charge in [0, 0.05) is 24.8 Å². The number of anilines is 1. The largest absolute Gasteiger partial charge is 0.466 e. The van der Waals surface area contributed by atoms with E-state index in [4.69, 9.17) is 4.74 Å². The number of benzene rings is 1. The van der Waals surface area contributed by atoms with Gasteiger partial charge in [0.2, 0.25) is 5.54 Å². The van der Waals surface area contributed by atoms with Crippen LogP contribution in [0.3, 0.4) is 0 Å². The zero-order valence-corrected chi connectivity index (χ0v) is 13.0. The lowest BCUT2D eigenvalue weighted by Crippen LogP contribution is -3.19. The molecule has 0 radical (unpaired) electrons. The molecule has 1 aromatic rings. The Balaban J connectivity index is 1.81. The summed E-state index contributed by atoms with van der Waals surface area (Å²) in [6, 6.07) is 4.49. The van der Waals surface area contributed by atoms with Gasteiger partial charge in [-0.25, -0.2) is 4.39 Å². The Bertz CT molecular complexity index is 692. The third-order valence-electron chi connectivity index (χ3n) is 5.64. The quantitative estimate of drug-likeness (QED) is 0.785. The molecule has 3 aliphatic heterocycles. The van der Waals surface area contributed by atoms with Crippen molar-refractivity contribution in [3.05, 3.63) is 29.6 Å². The van der Waals surface area contributed by atoms with Gasteiger partial charge in [-0.1, -0.05) is 0 Å². The molecule has 122 valence electrons. The third kappa shape index (κ3) is 1.87. The fraction of sp³-hybridized carbons (Fsp3) is 0.529. The number of halogens is 1. The SMILES string of the molecule is CCOC(=O)[C@H]1C[C@]2(C(=O)Nc3ccc(F)cc32)[NH+]2CCC[C@@H]12. The molecule has 4 atom stereocenters. The van der Waals surface area contributed by atoms with Crippen LogP contribution in [0.15, 0.2) is 18.2 Å². The Kier molecular flexibility index (Phi) is 3.20. The van der Waals surface area contributed by atoms with Crippen molar-refractivity contribution in [2.24, 2.45) is 5.92 Å². The Hall–Kier alpha value is -1.95. The minimum atomic E-state index is -0.851. The van der Waals surface area contributed by atoms with Crippen LogP contribution >= 0.6 is 0 Å². The van der Waals surface area contributed by atoms with Gasteiger partial charge in [0.25, 0.3) is 5.91 Å². The predicted molar refractivity (Wildman–Crippen MR) is 80.3 cm³/mol. The maximum atomic E-state index is 13.8. The van der Waals surface area contributed by atoms with E-state index >= 15 is 0 Å². The number of rotatable bonds is 2. The Morgan fingerprint density at radius 3 is 3.13 bits per heavy atom. The third-order valence-corrected chi connectivity index (χ3v) is 5.64. The van der Waals surface area contributed by atoms with Gasteiger partial charge >= 0.3 is 5.97 Å². The Labute approximate surface area is 133 Å². The van der Waals surface area contributed by atoms with Gasteiger partial charge in [-0.3, -0.25) is 9.59 Å². The molecule has 5 nitrogen and oxygen atoms in total. The molecule has 0 aromatic heterocycles. The first-order chi connectivity index (χ1) is 11.1. The minimum Gasteiger partial charge on any atom is -0.466 e. The highest BCUT2D eigenvalue weighted by atomic mass is 19.1. The van der Waals surface area contributed by atoms with Crippen molar-refractivity contribution in [3.8, 4) is 0 Å². The first kappa shape index (κ1) is 14.6. The molecular weight excluding hydrogens is 299 g/mol. The molecule has 6 heteroatoms. The highest BCUT2D eigenvalue weighted by Gasteiger charge is 2.67. The summed E-state index contributed by atoms with van der Waals surface area (Å²) in [4.78, 5) is 26.3. The number of hydrogen-bond donors (Lipinski definition) is 2. The summed E-state index contributed by atoms with van der Waals surface area (Å²) in [5.41, 5.74) is 0.506. The lowest BCUT2D eigenvalue weighted by Gasteiger charge is -2.29. The van der Waals surface area contributed by atoms with Crippen molar-refractivity contribution in [3.63, 3.8) is 0 Å². The second-order valence-corrected chi connectivity index (χ2v) is 6.64. The maximum absolute atomic E-state index is 13.8. The van der Waals surface area contributed by atoms with Gasteiger partial charge in [-0.05, 0) is 25.1 Å². The summed E-state index contributed by atoms with van der Waals surface area (Å²) in [5, 5.41) is 2.88. The van der Waals surface area contributed by atoms with E-state index in [2.05, 4.69) is 5.32 Å². The second-order valence-electron chi connectivity index (χ2n) is 6.64. The molecule has 0 bridgehead atoms. The average molecular weight is 319 g/mol. The van der Waals surface area contributed by atoms with Crippen molar-refractivity contribution < 1.29 is 23.6 Å². The van der Waals surface area contributed by atoms with E-state index < -0.39 is 5.54 Å². The van der Waals surface area contributed by atoms with Gasteiger partial charge in [-0.2, -0.15) is 0 Å². The monoisotopic (exact) mass is 319 g/mol. The van der Waals surface area contributed by atoms with E-state index in [1.807, 2.05) is 0 Å². The molecular formula is C17H20FN2O3+. The predicted octanol–water partition coefficient (Wildman–Crippen LogP) is 0.603. The topological polar surface area (TPSA) is 59.8 Å². The summed E-state index contributed by atoms with van der Waals surface area (Å²) in [7, 11) is 0. The van der Waals surface area contributed by atoms with Crippen molar-refractivity contribution in [2.75, 3.05) is 18.5 Å². The van der Waals surface area contributed by atoms with Crippen LogP contribution in [-0.4, -0.2) is 31.1 Å². The first-order valence-corrected chi connectivity index (χ1v) is 8.22. The van der Waals surface area contributed by atoms with Crippen LogP contribution in [-0.2, 0) is 19.9 Å². The van der Waals surface area contributed by atoms with E-state index in [9.17, 15) is 14.0 Å². The van der Waals surface area contributed by atoms with Crippen LogP contribution in [0, 0.1) is 11.7 Å². The molecule has 1 aromatic carbocycles. The van der Waals surface area contributed by atoms with Gasteiger partial charge in [-0.15, -0.1) is 0 Å². The molecule has 3 heterocycles. The van der Waals surface area contributed by atoms with E-state index in [0.717, 1.165) is 24.3 Å². The normalized spacial score (nSPS) is 34.3. The van der Waals surface area contributed by atoms with Crippen molar-refractivity contribution >= 4 is 17.6 Å². The van der Waals surface area contributed by atoms with Gasteiger partial charge in [0.1, 0.15) is 17.8 Å². The van der Waals surface area contributed by atoms with Crippen LogP contribution < -0.4 is 10.2 Å². The highest BCUT2D eigenvalue weighted by molar-refractivity contribution is 6.05. The summed E-state index contributed by atoms with van der Waals surface area (Å²) in [6.07, 6.45) is 2.27. The number of carbonyl (C=O) groups is 2. The number of esters is 1. The number of carbonyl (C=O) groups excluding carboxylic acids is 2. The lowest BCUT2D eigenvalue weighted by molar-refractivity contribution is -0.947. The molecule has 0 aliphatic carbocycles. The summed E-state index contributed by atoms with van der Waals surface area (Å²) >= 11 is 0. The number of fused-ring (bicyclic) bond motifs is 4. The van der Waals surface area contributed by atoms with Crippen LogP contribution in [0.25, 0.3) is 0 Å². The molecule has 0 saturated carbocycles. The van der Waals surface area contributed by atoms with Crippen molar-refractivity contribution in [2.45, 2.75) is 37.8 Å². The molecule has 1 amide bonds. The number of quaternary nitrogens is 1. The Morgan fingerprint density at radius 1 is 1.52 bits per heavy atom. The van der Waals surface area contributed by atoms with Gasteiger partial charge < -0.3 is 15.0 Å². The molecule has 23 heavy (non-hydrogen) atoms. The number of ether oxygens (including phenoxy) is 1. The molecule has 2 N–H and O–H groups in total. The number of nitrogens with one attached hydrogen (secondary N) is 2. The van der Waals surface area contributed by atoms with E-state index in [0.29, 0.717) is 24.3 Å². The zero-order chi connectivity index (χ0) is 16.2. The lowest BCUT2D eigenvalue weighted by atomic mass is 9.84. The summed E-state index contributed by atoms with van der Waals surface area (Å²) in [6.45, 7) is 2.95. The molecule has 3 aliphatic rings. The molecule has 4 rings (SSSR count). The Morgan fingerprint density at radius 2 is 2.35 bits per heavy atom. The summed E-state index contributed by atoms with van der Waals surface area (Å²) in [5.74, 6) is -1.000. The fourth-order valence-corrected chi connectivity index (χ4v) is 4.80. The average Bonchev–Trinajstić information content (AvgIpc) is 3.16.